The van der Waals surface area contributed by atoms with E-state index in [0.717, 1.165) is 17.6 Å². The number of hydrogen-bond donors (Lipinski definition) is 1. The topological polar surface area (TPSA) is 82.7 Å². The monoisotopic (exact) mass is 355 g/mol. The van der Waals surface area contributed by atoms with Crippen molar-refractivity contribution in [3.63, 3.8) is 0 Å². The van der Waals surface area contributed by atoms with Crippen LogP contribution in [0.25, 0.3) is 5.52 Å². The Hall–Kier alpha value is -2.59. The van der Waals surface area contributed by atoms with Gasteiger partial charge in [0.15, 0.2) is 6.10 Å². The van der Waals surface area contributed by atoms with Crippen LogP contribution < -0.4 is 10.2 Å². The maximum absolute atomic E-state index is 12.7. The fourth-order valence-corrected chi connectivity index (χ4v) is 3.15. The van der Waals surface area contributed by atoms with Crippen LogP contribution in [0.2, 0.25) is 0 Å². The molecular formula is C19H25N5O2. The molecule has 1 aliphatic rings. The van der Waals surface area contributed by atoms with Gasteiger partial charge < -0.3 is 15.0 Å². The normalized spacial score (nSPS) is 20.8. The van der Waals surface area contributed by atoms with E-state index in [4.69, 9.17) is 4.74 Å². The van der Waals surface area contributed by atoms with Crippen LogP contribution in [0.5, 0.6) is 0 Å². The predicted molar refractivity (Wildman–Crippen MR) is 99.0 cm³/mol. The van der Waals surface area contributed by atoms with Crippen molar-refractivity contribution in [1.29, 1.82) is 5.26 Å². The van der Waals surface area contributed by atoms with E-state index in [0.29, 0.717) is 18.8 Å². The fourth-order valence-electron chi connectivity index (χ4n) is 3.15. The number of anilines is 1. The summed E-state index contributed by atoms with van der Waals surface area (Å²) < 4.78 is 7.53. The zero-order valence-electron chi connectivity index (χ0n) is 15.7. The molecule has 7 nitrogen and oxygen atoms in total. The summed E-state index contributed by atoms with van der Waals surface area (Å²) in [5, 5.41) is 16.5. The van der Waals surface area contributed by atoms with Gasteiger partial charge in [0.25, 0.3) is 5.91 Å². The number of carbonyl (C=O) groups excluding carboxylic acids is 1. The molecule has 0 radical (unpaired) electrons. The number of pyridine rings is 1. The van der Waals surface area contributed by atoms with Crippen molar-refractivity contribution in [3.05, 3.63) is 30.1 Å². The molecule has 0 spiro atoms. The molecule has 1 amide bonds. The maximum Gasteiger partial charge on any atom is 0.251 e. The van der Waals surface area contributed by atoms with Crippen molar-refractivity contribution in [2.75, 3.05) is 18.0 Å². The van der Waals surface area contributed by atoms with Crippen molar-refractivity contribution in [3.8, 4) is 6.07 Å². The van der Waals surface area contributed by atoms with E-state index in [2.05, 4.69) is 21.4 Å². The van der Waals surface area contributed by atoms with E-state index in [-0.39, 0.29) is 17.6 Å². The van der Waals surface area contributed by atoms with Gasteiger partial charge in [0, 0.05) is 12.1 Å². The number of nitrogens with one attached hydrogen (secondary N) is 1. The maximum atomic E-state index is 12.7. The van der Waals surface area contributed by atoms with Gasteiger partial charge in [-0.2, -0.15) is 10.4 Å². The van der Waals surface area contributed by atoms with Crippen molar-refractivity contribution in [1.82, 2.24) is 14.9 Å². The molecule has 3 heterocycles. The molecule has 0 unspecified atom stereocenters. The highest BCUT2D eigenvalue weighted by Gasteiger charge is 2.33. The minimum Gasteiger partial charge on any atom is -0.364 e. The first kappa shape index (κ1) is 18.2. The number of rotatable bonds is 4. The molecule has 2 aromatic rings. The van der Waals surface area contributed by atoms with Crippen LogP contribution in [0.1, 0.15) is 39.8 Å². The lowest BCUT2D eigenvalue weighted by molar-refractivity contribution is -0.139. The fraction of sp³-hybridized carbons (Fsp3) is 0.526. The molecule has 1 aliphatic heterocycles. The van der Waals surface area contributed by atoms with Gasteiger partial charge in [-0.05, 0) is 45.4 Å². The minimum atomic E-state index is -0.539. The van der Waals surface area contributed by atoms with Crippen LogP contribution in [0.15, 0.2) is 24.4 Å². The van der Waals surface area contributed by atoms with Crippen LogP contribution in [0.4, 0.5) is 5.69 Å². The Balaban J connectivity index is 1.87. The van der Waals surface area contributed by atoms with Gasteiger partial charge in [-0.3, -0.25) is 4.79 Å². The van der Waals surface area contributed by atoms with E-state index in [9.17, 15) is 10.1 Å². The number of ether oxygens (including phenoxy) is 1. The number of aromatic nitrogens is 2. The Kier molecular flexibility index (Phi) is 4.88. The summed E-state index contributed by atoms with van der Waals surface area (Å²) in [4.78, 5) is 14.8. The van der Waals surface area contributed by atoms with Gasteiger partial charge in [0.1, 0.15) is 11.8 Å². The summed E-state index contributed by atoms with van der Waals surface area (Å²) in [5.41, 5.74) is 2.02. The molecule has 0 aliphatic carbocycles. The molecule has 2 atom stereocenters. The molecule has 3 rings (SSSR count). The van der Waals surface area contributed by atoms with E-state index >= 15 is 0 Å². The summed E-state index contributed by atoms with van der Waals surface area (Å²) in [6, 6.07) is 7.70. The van der Waals surface area contributed by atoms with Gasteiger partial charge in [-0.15, -0.1) is 0 Å². The molecule has 0 bridgehead atoms. The van der Waals surface area contributed by atoms with E-state index in [1.54, 1.807) is 16.8 Å². The number of nitrogens with zero attached hydrogens (tertiary/aromatic N) is 4. The summed E-state index contributed by atoms with van der Waals surface area (Å²) in [7, 11) is 0. The molecule has 7 heteroatoms. The SMILES string of the molecule is CCC(C)(C)NC(=O)[C@H]1CN(c2ccc(C#N)n3nccc23)C[C@@H](C)O1. The second-order valence-electron chi connectivity index (χ2n) is 7.41. The van der Waals surface area contributed by atoms with Crippen LogP contribution in [-0.2, 0) is 9.53 Å². The van der Waals surface area contributed by atoms with E-state index < -0.39 is 6.10 Å². The van der Waals surface area contributed by atoms with Gasteiger partial charge in [-0.1, -0.05) is 6.92 Å². The lowest BCUT2D eigenvalue weighted by atomic mass is 10.0. The Morgan fingerprint density at radius 2 is 2.19 bits per heavy atom. The van der Waals surface area contributed by atoms with E-state index in [1.807, 2.05) is 39.8 Å². The first-order valence-electron chi connectivity index (χ1n) is 8.94. The van der Waals surface area contributed by atoms with E-state index in [1.165, 1.54) is 0 Å². The first-order chi connectivity index (χ1) is 12.3. The predicted octanol–water partition coefficient (Wildman–Crippen LogP) is 2.10. The van der Waals surface area contributed by atoms with Crippen LogP contribution in [-0.4, -0.2) is 46.4 Å². The Morgan fingerprint density at radius 3 is 2.88 bits per heavy atom. The lowest BCUT2D eigenvalue weighted by Gasteiger charge is -2.39. The zero-order chi connectivity index (χ0) is 18.9. The smallest absolute Gasteiger partial charge is 0.251 e. The summed E-state index contributed by atoms with van der Waals surface area (Å²) in [6.07, 6.45) is 1.90. The highest BCUT2D eigenvalue weighted by Crippen LogP contribution is 2.26. The van der Waals surface area contributed by atoms with Crippen molar-refractivity contribution >= 4 is 17.1 Å². The third kappa shape index (κ3) is 3.51. The Labute approximate surface area is 153 Å². The molecule has 0 saturated carbocycles. The van der Waals surface area contributed by atoms with Crippen molar-refractivity contribution in [2.24, 2.45) is 0 Å². The number of hydrogen-bond acceptors (Lipinski definition) is 5. The second-order valence-corrected chi connectivity index (χ2v) is 7.41. The Bertz CT molecular complexity index is 851. The third-order valence-corrected chi connectivity index (χ3v) is 4.89. The molecule has 2 aromatic heterocycles. The van der Waals surface area contributed by atoms with Gasteiger partial charge >= 0.3 is 0 Å². The highest BCUT2D eigenvalue weighted by molar-refractivity contribution is 5.83. The summed E-state index contributed by atoms with van der Waals surface area (Å²) >= 11 is 0. The highest BCUT2D eigenvalue weighted by atomic mass is 16.5. The number of carbonyl (C=O) groups is 1. The molecule has 26 heavy (non-hydrogen) atoms. The molecule has 0 aromatic carbocycles. The average molecular weight is 355 g/mol. The quantitative estimate of drug-likeness (QED) is 0.908. The summed E-state index contributed by atoms with van der Waals surface area (Å²) in [6.45, 7) is 9.16. The number of morpholine rings is 1. The average Bonchev–Trinajstić information content (AvgIpc) is 3.09. The van der Waals surface area contributed by atoms with Crippen molar-refractivity contribution in [2.45, 2.75) is 51.9 Å². The van der Waals surface area contributed by atoms with Crippen LogP contribution in [0, 0.1) is 11.3 Å². The second kappa shape index (κ2) is 6.96. The van der Waals surface area contributed by atoms with Gasteiger partial charge in [0.2, 0.25) is 0 Å². The molecule has 1 fully saturated rings. The van der Waals surface area contributed by atoms with Crippen molar-refractivity contribution < 1.29 is 9.53 Å². The van der Waals surface area contributed by atoms with Crippen LogP contribution in [0.3, 0.4) is 0 Å². The zero-order valence-corrected chi connectivity index (χ0v) is 15.7. The summed E-state index contributed by atoms with van der Waals surface area (Å²) in [5.74, 6) is -0.0911. The first-order valence-corrected chi connectivity index (χ1v) is 8.94. The molecule has 1 saturated heterocycles. The molecule has 138 valence electrons. The number of fused-ring (bicyclic) bond motifs is 1. The molecular weight excluding hydrogens is 330 g/mol. The number of nitriles is 1. The Morgan fingerprint density at radius 1 is 1.42 bits per heavy atom. The third-order valence-electron chi connectivity index (χ3n) is 4.89. The number of amides is 1. The lowest BCUT2D eigenvalue weighted by Crippen LogP contribution is -2.56. The molecule has 1 N–H and O–H groups in total. The largest absolute Gasteiger partial charge is 0.364 e. The van der Waals surface area contributed by atoms with Crippen LogP contribution >= 0.6 is 0 Å². The minimum absolute atomic E-state index is 0.0807. The van der Waals surface area contributed by atoms with Gasteiger partial charge in [-0.25, -0.2) is 4.52 Å². The van der Waals surface area contributed by atoms with Gasteiger partial charge in [0.05, 0.1) is 30.0 Å². The standard InChI is InChI=1S/C19H25N5O2/c1-5-19(3,4)22-18(25)17-12-23(11-13(2)26-17)15-7-6-14(10-20)24-16(15)8-9-21-24/h6-9,13,17H,5,11-12H2,1-4H3,(H,22,25)/t13-,17-/m1/s1.